The van der Waals surface area contributed by atoms with Gasteiger partial charge < -0.3 is 19.2 Å². The number of aromatic nitrogens is 2. The number of carboxylic acids is 1. The Kier molecular flexibility index (Phi) is 6.12. The zero-order valence-electron chi connectivity index (χ0n) is 17.2. The molecule has 0 saturated heterocycles. The number of halogens is 1. The van der Waals surface area contributed by atoms with E-state index in [0.29, 0.717) is 34.9 Å². The smallest absolute Gasteiger partial charge is 0.337 e. The van der Waals surface area contributed by atoms with Crippen molar-refractivity contribution in [3.05, 3.63) is 90.0 Å². The van der Waals surface area contributed by atoms with Gasteiger partial charge in [0.1, 0.15) is 23.9 Å². The van der Waals surface area contributed by atoms with Crippen LogP contribution < -0.4 is 4.74 Å². The normalized spacial score (nSPS) is 11.5. The first kappa shape index (κ1) is 21.0. The minimum Gasteiger partial charge on any atom is -0.478 e. The number of nitrogens with zero attached hydrogens (tertiary/aromatic N) is 3. The molecule has 0 atom stereocenters. The van der Waals surface area contributed by atoms with Gasteiger partial charge in [0, 0.05) is 34.9 Å². The molecule has 162 valence electrons. The maximum Gasteiger partial charge on any atom is 0.337 e. The molecule has 0 aliphatic carbocycles. The summed E-state index contributed by atoms with van der Waals surface area (Å²) in [5.41, 5.74) is 1.88. The summed E-state index contributed by atoms with van der Waals surface area (Å²) in [7, 11) is 0. The van der Waals surface area contributed by atoms with Crippen molar-refractivity contribution in [1.82, 2.24) is 9.55 Å². The van der Waals surface area contributed by atoms with Crippen LogP contribution in [0.3, 0.4) is 0 Å². The molecule has 1 N–H and O–H groups in total. The Balaban J connectivity index is 1.70. The molecule has 0 amide bonds. The van der Waals surface area contributed by atoms with Crippen LogP contribution in [0.15, 0.2) is 78.2 Å². The highest BCUT2D eigenvalue weighted by molar-refractivity contribution is 6.05. The van der Waals surface area contributed by atoms with Crippen molar-refractivity contribution in [3.8, 4) is 11.6 Å². The second kappa shape index (κ2) is 9.30. The van der Waals surface area contributed by atoms with Crippen molar-refractivity contribution >= 4 is 22.6 Å². The first-order valence-electron chi connectivity index (χ1n) is 9.95. The van der Waals surface area contributed by atoms with Crippen LogP contribution in [0.2, 0.25) is 0 Å². The van der Waals surface area contributed by atoms with Gasteiger partial charge in [-0.2, -0.15) is 0 Å². The van der Waals surface area contributed by atoms with E-state index >= 15 is 0 Å². The molecule has 7 nitrogen and oxygen atoms in total. The summed E-state index contributed by atoms with van der Waals surface area (Å²) in [6.07, 6.45) is 3.11. The van der Waals surface area contributed by atoms with E-state index in [2.05, 4.69) is 10.1 Å². The van der Waals surface area contributed by atoms with Gasteiger partial charge in [0.15, 0.2) is 0 Å². The average molecular weight is 433 g/mol. The van der Waals surface area contributed by atoms with E-state index in [9.17, 15) is 14.3 Å². The fraction of sp³-hybridized carbons (Fsp3) is 0.125. The Morgan fingerprint density at radius 3 is 2.78 bits per heavy atom. The zero-order chi connectivity index (χ0) is 22.5. The lowest BCUT2D eigenvalue weighted by atomic mass is 10.1. The topological polar surface area (TPSA) is 85.9 Å². The fourth-order valence-corrected chi connectivity index (χ4v) is 3.31. The van der Waals surface area contributed by atoms with E-state index in [1.807, 2.05) is 25.1 Å². The highest BCUT2D eigenvalue weighted by Gasteiger charge is 2.17. The van der Waals surface area contributed by atoms with Gasteiger partial charge in [-0.05, 0) is 43.3 Å². The highest BCUT2D eigenvalue weighted by Crippen LogP contribution is 2.25. The molecule has 2 heterocycles. The van der Waals surface area contributed by atoms with Crippen molar-refractivity contribution in [2.45, 2.75) is 13.5 Å². The predicted octanol–water partition coefficient (Wildman–Crippen LogP) is 5.11. The monoisotopic (exact) mass is 433 g/mol. The number of ether oxygens (including phenoxy) is 1. The molecule has 4 rings (SSSR count). The zero-order valence-corrected chi connectivity index (χ0v) is 17.2. The molecule has 0 fully saturated rings. The molecule has 0 unspecified atom stereocenters. The molecular formula is C24H20FN3O4. The molecule has 0 aliphatic rings. The molecule has 0 bridgehead atoms. The third-order valence-electron chi connectivity index (χ3n) is 4.72. The predicted molar refractivity (Wildman–Crippen MR) is 118 cm³/mol. The van der Waals surface area contributed by atoms with E-state index in [0.717, 1.165) is 5.56 Å². The van der Waals surface area contributed by atoms with Gasteiger partial charge in [-0.25, -0.2) is 14.2 Å². The van der Waals surface area contributed by atoms with Crippen LogP contribution >= 0.6 is 0 Å². The number of aromatic carboxylic acids is 1. The minimum absolute atomic E-state index is 0.0162. The molecule has 0 saturated carbocycles. The van der Waals surface area contributed by atoms with Gasteiger partial charge >= 0.3 is 5.97 Å². The Morgan fingerprint density at radius 1 is 1.16 bits per heavy atom. The van der Waals surface area contributed by atoms with E-state index in [1.54, 1.807) is 41.1 Å². The fourth-order valence-electron chi connectivity index (χ4n) is 3.31. The third kappa shape index (κ3) is 4.59. The minimum atomic E-state index is -1.13. The second-order valence-electron chi connectivity index (χ2n) is 6.89. The number of pyridine rings is 1. The van der Waals surface area contributed by atoms with Crippen LogP contribution in [0.5, 0.6) is 11.6 Å². The summed E-state index contributed by atoms with van der Waals surface area (Å²) >= 11 is 0. The number of benzene rings is 2. The van der Waals surface area contributed by atoms with Crippen molar-refractivity contribution in [2.24, 2.45) is 5.16 Å². The molecule has 2 aromatic carbocycles. The molecule has 8 heteroatoms. The Morgan fingerprint density at radius 2 is 2.03 bits per heavy atom. The molecule has 0 spiro atoms. The van der Waals surface area contributed by atoms with Crippen molar-refractivity contribution < 1.29 is 23.9 Å². The Hall–Kier alpha value is -4.20. The van der Waals surface area contributed by atoms with Crippen LogP contribution in [0, 0.1) is 5.82 Å². The molecule has 32 heavy (non-hydrogen) atoms. The quantitative estimate of drug-likeness (QED) is 0.308. The number of hydrogen-bond acceptors (Lipinski definition) is 5. The van der Waals surface area contributed by atoms with Gasteiger partial charge in [-0.15, -0.1) is 0 Å². The van der Waals surface area contributed by atoms with E-state index in [-0.39, 0.29) is 12.1 Å². The standard InChI is InChI=1S/C24H20FN3O4/c1-2-31-27-21(16-6-5-7-18(12-16)32-23-8-3-4-11-26-23)15-28-14-20(24(29)30)19-13-17(25)9-10-22(19)28/h3-14H,2,15H2,1H3,(H,29,30)/b27-21+. The second-order valence-corrected chi connectivity index (χ2v) is 6.89. The summed E-state index contributed by atoms with van der Waals surface area (Å²) in [5.74, 6) is -0.609. The van der Waals surface area contributed by atoms with E-state index < -0.39 is 11.8 Å². The lowest BCUT2D eigenvalue weighted by Crippen LogP contribution is -2.12. The van der Waals surface area contributed by atoms with Crippen LogP contribution in [0.1, 0.15) is 22.8 Å². The number of carboxylic acid groups (broad SMARTS) is 1. The first-order chi connectivity index (χ1) is 15.5. The van der Waals surface area contributed by atoms with Gasteiger partial charge in [-0.1, -0.05) is 23.4 Å². The van der Waals surface area contributed by atoms with E-state index in [1.165, 1.54) is 18.3 Å². The number of rotatable bonds is 8. The lowest BCUT2D eigenvalue weighted by Gasteiger charge is -2.11. The van der Waals surface area contributed by atoms with E-state index in [4.69, 9.17) is 9.57 Å². The summed E-state index contributed by atoms with van der Waals surface area (Å²) in [4.78, 5) is 21.1. The largest absolute Gasteiger partial charge is 0.478 e. The number of hydrogen-bond donors (Lipinski definition) is 1. The SMILES string of the molecule is CCO/N=C(\Cn1cc(C(=O)O)c2cc(F)ccc21)c1cccc(Oc2ccccn2)c1. The number of fused-ring (bicyclic) bond motifs is 1. The lowest BCUT2D eigenvalue weighted by molar-refractivity contribution is 0.0699. The molecule has 2 aromatic heterocycles. The van der Waals surface area contributed by atoms with Gasteiger partial charge in [0.2, 0.25) is 5.88 Å². The summed E-state index contributed by atoms with van der Waals surface area (Å²) < 4.78 is 21.3. The van der Waals surface area contributed by atoms with Gasteiger partial charge in [0.05, 0.1) is 12.1 Å². The summed E-state index contributed by atoms with van der Waals surface area (Å²) in [5, 5.41) is 14.1. The molecule has 0 aliphatic heterocycles. The first-order valence-corrected chi connectivity index (χ1v) is 9.95. The van der Waals surface area contributed by atoms with Crippen molar-refractivity contribution in [1.29, 1.82) is 0 Å². The Labute approximate surface area is 183 Å². The van der Waals surface area contributed by atoms with Gasteiger partial charge in [-0.3, -0.25) is 0 Å². The molecular weight excluding hydrogens is 413 g/mol. The Bertz CT molecular complexity index is 1290. The maximum absolute atomic E-state index is 13.7. The maximum atomic E-state index is 13.7. The van der Waals surface area contributed by atoms with Crippen LogP contribution in [0.4, 0.5) is 4.39 Å². The summed E-state index contributed by atoms with van der Waals surface area (Å²) in [6.45, 7) is 2.40. The van der Waals surface area contributed by atoms with Crippen LogP contribution in [0.25, 0.3) is 10.9 Å². The number of carbonyl (C=O) groups is 1. The van der Waals surface area contributed by atoms with Crippen molar-refractivity contribution in [2.75, 3.05) is 6.61 Å². The molecule has 0 radical (unpaired) electrons. The average Bonchev–Trinajstić information content (AvgIpc) is 3.15. The third-order valence-corrected chi connectivity index (χ3v) is 4.72. The highest BCUT2D eigenvalue weighted by atomic mass is 19.1. The van der Waals surface area contributed by atoms with Crippen molar-refractivity contribution in [3.63, 3.8) is 0 Å². The van der Waals surface area contributed by atoms with Crippen LogP contribution in [-0.2, 0) is 11.4 Å². The number of oxime groups is 1. The van der Waals surface area contributed by atoms with Gasteiger partial charge in [0.25, 0.3) is 0 Å². The molecule has 4 aromatic rings. The summed E-state index contributed by atoms with van der Waals surface area (Å²) in [6, 6.07) is 16.7. The van der Waals surface area contributed by atoms with Crippen LogP contribution in [-0.4, -0.2) is 32.9 Å².